The number of nitrogens with two attached hydrogens (primary N) is 1. The SMILES string of the molecule is C#C[C@H]1C[C@@H](COP(=O)(O)O)O[C@H]1n1cnc2c(NC)nc(N)nc21. The minimum Gasteiger partial charge on any atom is -0.371 e. The van der Waals surface area contributed by atoms with Gasteiger partial charge in [-0.2, -0.15) is 9.97 Å². The summed E-state index contributed by atoms with van der Waals surface area (Å²) in [6.45, 7) is -0.273. The van der Waals surface area contributed by atoms with Crippen LogP contribution in [0.4, 0.5) is 11.8 Å². The topological polar surface area (TPSA) is 158 Å². The number of imidazole rings is 1. The number of terminal acetylenes is 1. The van der Waals surface area contributed by atoms with E-state index in [2.05, 4.69) is 30.7 Å². The average molecular weight is 368 g/mol. The first kappa shape index (κ1) is 17.6. The number of fused-ring (bicyclic) bond motifs is 1. The van der Waals surface area contributed by atoms with E-state index in [1.807, 2.05) is 0 Å². The molecule has 3 heterocycles. The van der Waals surface area contributed by atoms with Gasteiger partial charge < -0.3 is 25.6 Å². The van der Waals surface area contributed by atoms with Crippen LogP contribution in [0.25, 0.3) is 11.2 Å². The molecule has 0 aliphatic carbocycles. The van der Waals surface area contributed by atoms with Gasteiger partial charge in [-0.25, -0.2) is 9.55 Å². The van der Waals surface area contributed by atoms with Crippen LogP contribution in [0, 0.1) is 18.3 Å². The molecule has 134 valence electrons. The Kier molecular flexibility index (Phi) is 4.64. The highest BCUT2D eigenvalue weighted by molar-refractivity contribution is 7.46. The summed E-state index contributed by atoms with van der Waals surface area (Å²) in [6.07, 6.45) is 6.28. The summed E-state index contributed by atoms with van der Waals surface area (Å²) in [6, 6.07) is 0. The highest BCUT2D eigenvalue weighted by Crippen LogP contribution is 2.40. The molecular formula is C13H17N6O5P. The zero-order chi connectivity index (χ0) is 18.2. The van der Waals surface area contributed by atoms with Crippen molar-refractivity contribution in [2.24, 2.45) is 5.92 Å². The van der Waals surface area contributed by atoms with Gasteiger partial charge in [-0.05, 0) is 6.42 Å². The standard InChI is InChI=1S/C13H17N6O5P/c1-3-7-4-8(5-23-25(20,21)22)24-12(7)19-6-16-9-10(15-2)17-13(14)18-11(9)19/h1,6-8,12H,4-5H2,2H3,(H2,20,21,22)(H3,14,15,17,18)/t7-,8-,12+/m0/s1. The molecule has 11 nitrogen and oxygen atoms in total. The van der Waals surface area contributed by atoms with Crippen LogP contribution in [-0.4, -0.2) is 49.1 Å². The van der Waals surface area contributed by atoms with E-state index < -0.39 is 20.2 Å². The molecule has 0 saturated carbocycles. The number of hydrogen-bond donors (Lipinski definition) is 4. The lowest BCUT2D eigenvalue weighted by Gasteiger charge is -2.17. The molecule has 1 saturated heterocycles. The summed E-state index contributed by atoms with van der Waals surface area (Å²) in [5.74, 6) is 2.81. The molecule has 12 heteroatoms. The number of anilines is 2. The fourth-order valence-corrected chi connectivity index (χ4v) is 3.10. The molecule has 3 rings (SSSR count). The summed E-state index contributed by atoms with van der Waals surface area (Å²) in [7, 11) is -2.89. The molecule has 1 aliphatic heterocycles. The molecule has 1 aliphatic rings. The van der Waals surface area contributed by atoms with Gasteiger partial charge in [-0.3, -0.25) is 9.09 Å². The number of hydrogen-bond acceptors (Lipinski definition) is 8. The number of ether oxygens (including phenoxy) is 1. The molecule has 3 atom stereocenters. The minimum atomic E-state index is -4.58. The Morgan fingerprint density at radius 3 is 3.00 bits per heavy atom. The van der Waals surface area contributed by atoms with Gasteiger partial charge in [0.1, 0.15) is 0 Å². The van der Waals surface area contributed by atoms with Crippen LogP contribution >= 0.6 is 7.82 Å². The highest BCUT2D eigenvalue weighted by atomic mass is 31.2. The molecule has 0 bridgehead atoms. The molecule has 25 heavy (non-hydrogen) atoms. The predicted octanol–water partition coefficient (Wildman–Crippen LogP) is 0.0964. The van der Waals surface area contributed by atoms with Gasteiger partial charge in [0.05, 0.1) is 25.0 Å². The van der Waals surface area contributed by atoms with Crippen molar-refractivity contribution >= 4 is 30.8 Å². The number of phosphoric acid groups is 1. The molecule has 5 N–H and O–H groups in total. The van der Waals surface area contributed by atoms with E-state index in [0.717, 1.165) is 0 Å². The normalized spacial score (nSPS) is 23.7. The zero-order valence-corrected chi connectivity index (χ0v) is 14.1. The summed E-state index contributed by atoms with van der Waals surface area (Å²) < 4.78 is 22.8. The number of nitrogens with one attached hydrogen (secondary N) is 1. The smallest absolute Gasteiger partial charge is 0.371 e. The van der Waals surface area contributed by atoms with E-state index in [0.29, 0.717) is 23.4 Å². The predicted molar refractivity (Wildman–Crippen MR) is 88.1 cm³/mol. The maximum atomic E-state index is 10.9. The second-order valence-corrected chi connectivity index (χ2v) is 6.69. The lowest BCUT2D eigenvalue weighted by molar-refractivity contribution is -0.0259. The Hall–Kier alpha value is -2.22. The first-order valence-corrected chi connectivity index (χ1v) is 8.85. The molecule has 2 aromatic rings. The van der Waals surface area contributed by atoms with Crippen molar-refractivity contribution < 1.29 is 23.6 Å². The number of aromatic nitrogens is 4. The van der Waals surface area contributed by atoms with E-state index >= 15 is 0 Å². The molecule has 0 unspecified atom stereocenters. The van der Waals surface area contributed by atoms with Crippen LogP contribution in [0.2, 0.25) is 0 Å². The molecule has 1 fully saturated rings. The Bertz CT molecular complexity index is 874. The van der Waals surface area contributed by atoms with Crippen molar-refractivity contribution in [1.29, 1.82) is 0 Å². The van der Waals surface area contributed by atoms with E-state index in [1.54, 1.807) is 11.6 Å². The summed E-state index contributed by atoms with van der Waals surface area (Å²) in [4.78, 5) is 30.2. The largest absolute Gasteiger partial charge is 0.469 e. The van der Waals surface area contributed by atoms with Crippen LogP contribution in [0.1, 0.15) is 12.6 Å². The highest BCUT2D eigenvalue weighted by Gasteiger charge is 2.37. The minimum absolute atomic E-state index is 0.0650. The molecule has 0 spiro atoms. The van der Waals surface area contributed by atoms with E-state index in [-0.39, 0.29) is 18.5 Å². The summed E-state index contributed by atoms with van der Waals surface area (Å²) in [5, 5.41) is 2.89. The van der Waals surface area contributed by atoms with Crippen molar-refractivity contribution in [1.82, 2.24) is 19.5 Å². The Morgan fingerprint density at radius 1 is 1.60 bits per heavy atom. The fourth-order valence-electron chi connectivity index (χ4n) is 2.74. The number of phosphoric ester groups is 1. The number of nitrogen functional groups attached to an aromatic ring is 1. The Morgan fingerprint density at radius 2 is 2.36 bits per heavy atom. The van der Waals surface area contributed by atoms with Gasteiger partial charge >= 0.3 is 7.82 Å². The van der Waals surface area contributed by atoms with E-state index in [4.69, 9.17) is 26.7 Å². The van der Waals surface area contributed by atoms with Crippen molar-refractivity contribution in [2.75, 3.05) is 24.7 Å². The van der Waals surface area contributed by atoms with Gasteiger partial charge in [0.25, 0.3) is 0 Å². The second kappa shape index (κ2) is 6.59. The summed E-state index contributed by atoms with van der Waals surface area (Å²) in [5.41, 5.74) is 6.67. The van der Waals surface area contributed by atoms with E-state index in [1.165, 1.54) is 6.33 Å². The third kappa shape index (κ3) is 3.58. The first-order valence-electron chi connectivity index (χ1n) is 7.32. The molecule has 0 amide bonds. The van der Waals surface area contributed by atoms with Crippen LogP contribution in [0.3, 0.4) is 0 Å². The van der Waals surface area contributed by atoms with Crippen LogP contribution in [-0.2, 0) is 13.8 Å². The van der Waals surface area contributed by atoms with Crippen LogP contribution in [0.5, 0.6) is 0 Å². The first-order chi connectivity index (χ1) is 11.8. The Labute approximate surface area is 142 Å². The maximum absolute atomic E-state index is 10.9. The van der Waals surface area contributed by atoms with Gasteiger partial charge in [0.2, 0.25) is 5.95 Å². The quantitative estimate of drug-likeness (QED) is 0.421. The maximum Gasteiger partial charge on any atom is 0.469 e. The Balaban J connectivity index is 1.90. The van der Waals surface area contributed by atoms with Crippen molar-refractivity contribution in [3.63, 3.8) is 0 Å². The van der Waals surface area contributed by atoms with Gasteiger partial charge in [-0.15, -0.1) is 6.42 Å². The zero-order valence-electron chi connectivity index (χ0n) is 13.2. The second-order valence-electron chi connectivity index (χ2n) is 5.45. The molecule has 0 aromatic carbocycles. The van der Waals surface area contributed by atoms with Gasteiger partial charge in [0.15, 0.2) is 23.2 Å². The molecule has 0 radical (unpaired) electrons. The lowest BCUT2D eigenvalue weighted by Crippen LogP contribution is -2.17. The number of nitrogens with zero attached hydrogens (tertiary/aromatic N) is 4. The van der Waals surface area contributed by atoms with Crippen LogP contribution < -0.4 is 11.1 Å². The average Bonchev–Trinajstić information content (AvgIpc) is 3.14. The third-order valence-corrected chi connectivity index (χ3v) is 4.27. The fraction of sp³-hybridized carbons (Fsp3) is 0.462. The van der Waals surface area contributed by atoms with E-state index in [9.17, 15) is 4.57 Å². The molecule has 2 aromatic heterocycles. The third-order valence-electron chi connectivity index (χ3n) is 3.79. The van der Waals surface area contributed by atoms with Gasteiger partial charge in [0, 0.05) is 7.05 Å². The monoisotopic (exact) mass is 368 g/mol. The van der Waals surface area contributed by atoms with Crippen molar-refractivity contribution in [2.45, 2.75) is 18.8 Å². The lowest BCUT2D eigenvalue weighted by atomic mass is 10.0. The van der Waals surface area contributed by atoms with Gasteiger partial charge in [-0.1, -0.05) is 5.92 Å². The molecular weight excluding hydrogens is 351 g/mol. The van der Waals surface area contributed by atoms with Crippen molar-refractivity contribution in [3.8, 4) is 12.3 Å². The summed E-state index contributed by atoms with van der Waals surface area (Å²) >= 11 is 0. The van der Waals surface area contributed by atoms with Crippen LogP contribution in [0.15, 0.2) is 6.33 Å². The number of rotatable bonds is 5. The van der Waals surface area contributed by atoms with Crippen molar-refractivity contribution in [3.05, 3.63) is 6.33 Å².